The highest BCUT2D eigenvalue weighted by Gasteiger charge is 2.13. The van der Waals surface area contributed by atoms with E-state index in [0.717, 1.165) is 6.07 Å². The minimum absolute atomic E-state index is 0.00188. The van der Waals surface area contributed by atoms with Crippen LogP contribution in [0.2, 0.25) is 0 Å². The summed E-state index contributed by atoms with van der Waals surface area (Å²) in [6, 6.07) is 10.3. The summed E-state index contributed by atoms with van der Waals surface area (Å²) < 4.78 is 37.0. The lowest BCUT2D eigenvalue weighted by Gasteiger charge is -2.04. The molecular weight excluding hydrogens is 318 g/mol. The van der Waals surface area contributed by atoms with Crippen LogP contribution in [0.1, 0.15) is 10.4 Å². The van der Waals surface area contributed by atoms with Gasteiger partial charge in [0.15, 0.2) is 17.4 Å². The van der Waals surface area contributed by atoms with E-state index in [-0.39, 0.29) is 11.7 Å². The Kier molecular flexibility index (Phi) is 4.24. The third-order valence-corrected chi connectivity index (χ3v) is 3.27. The second-order valence-electron chi connectivity index (χ2n) is 4.83. The molecule has 0 aliphatic carbocycles. The maximum Gasteiger partial charge on any atom is 0.337 e. The average molecular weight is 330 g/mol. The first kappa shape index (κ1) is 15.7. The maximum atomic E-state index is 13.6. The Morgan fingerprint density at radius 3 is 2.79 bits per heavy atom. The lowest BCUT2D eigenvalue weighted by molar-refractivity contribution is 0.0601. The number of benzene rings is 2. The largest absolute Gasteiger partial charge is 0.465 e. The molecule has 0 bridgehead atoms. The van der Waals surface area contributed by atoms with Crippen molar-refractivity contribution in [3.8, 4) is 11.3 Å². The molecule has 7 heteroatoms. The van der Waals surface area contributed by atoms with Gasteiger partial charge in [0.25, 0.3) is 6.01 Å². The SMILES string of the molecule is COC(=O)c1cccc(-c2cnc(Nc3cccc(F)c3F)o2)c1. The standard InChI is InChI=1S/C17H12F2N2O3/c1-23-16(22)11-5-2-4-10(8-11)14-9-20-17(24-14)21-13-7-3-6-12(18)15(13)19/h2-9H,1H3,(H,20,21). The van der Waals surface area contributed by atoms with Gasteiger partial charge < -0.3 is 14.5 Å². The number of halogens is 2. The quantitative estimate of drug-likeness (QED) is 0.728. The Morgan fingerprint density at radius 2 is 2.00 bits per heavy atom. The fraction of sp³-hybridized carbons (Fsp3) is 0.0588. The smallest absolute Gasteiger partial charge is 0.337 e. The highest BCUT2D eigenvalue weighted by atomic mass is 19.2. The Balaban J connectivity index is 1.86. The summed E-state index contributed by atoms with van der Waals surface area (Å²) in [4.78, 5) is 15.5. The summed E-state index contributed by atoms with van der Waals surface area (Å²) >= 11 is 0. The van der Waals surface area contributed by atoms with Crippen molar-refractivity contribution in [3.63, 3.8) is 0 Å². The van der Waals surface area contributed by atoms with Gasteiger partial charge in [-0.3, -0.25) is 0 Å². The minimum atomic E-state index is -1.02. The van der Waals surface area contributed by atoms with E-state index in [4.69, 9.17) is 4.42 Å². The van der Waals surface area contributed by atoms with Gasteiger partial charge in [-0.05, 0) is 24.3 Å². The number of carbonyl (C=O) groups excluding carboxylic acids is 1. The first-order valence-electron chi connectivity index (χ1n) is 6.94. The zero-order valence-corrected chi connectivity index (χ0v) is 12.5. The van der Waals surface area contributed by atoms with Gasteiger partial charge >= 0.3 is 5.97 Å². The number of ether oxygens (including phenoxy) is 1. The normalized spacial score (nSPS) is 10.5. The van der Waals surface area contributed by atoms with Gasteiger partial charge in [-0.25, -0.2) is 18.6 Å². The number of hydrogen-bond donors (Lipinski definition) is 1. The molecule has 122 valence electrons. The fourth-order valence-electron chi connectivity index (χ4n) is 2.10. The Bertz CT molecular complexity index is 893. The molecule has 0 unspecified atom stereocenters. The maximum absolute atomic E-state index is 13.6. The first-order valence-corrected chi connectivity index (χ1v) is 6.94. The zero-order chi connectivity index (χ0) is 17.1. The summed E-state index contributed by atoms with van der Waals surface area (Å²) in [6.45, 7) is 0. The van der Waals surface area contributed by atoms with E-state index in [1.54, 1.807) is 24.3 Å². The number of nitrogens with one attached hydrogen (secondary N) is 1. The van der Waals surface area contributed by atoms with Gasteiger partial charge in [-0.2, -0.15) is 0 Å². The molecule has 1 heterocycles. The molecule has 1 aromatic heterocycles. The van der Waals surface area contributed by atoms with Gasteiger partial charge in [0, 0.05) is 5.56 Å². The Labute approximate surface area is 135 Å². The number of rotatable bonds is 4. The Hall–Kier alpha value is -3.22. The van der Waals surface area contributed by atoms with E-state index in [2.05, 4.69) is 15.0 Å². The zero-order valence-electron chi connectivity index (χ0n) is 12.5. The van der Waals surface area contributed by atoms with Crippen LogP contribution in [0.25, 0.3) is 11.3 Å². The van der Waals surface area contributed by atoms with Crippen molar-refractivity contribution in [3.05, 3.63) is 65.9 Å². The van der Waals surface area contributed by atoms with Crippen LogP contribution in [0.4, 0.5) is 20.5 Å². The molecule has 5 nitrogen and oxygen atoms in total. The molecule has 0 saturated heterocycles. The van der Waals surface area contributed by atoms with Crippen LogP contribution < -0.4 is 5.32 Å². The van der Waals surface area contributed by atoms with Gasteiger partial charge in [0.2, 0.25) is 0 Å². The molecule has 3 rings (SSSR count). The number of aromatic nitrogens is 1. The lowest BCUT2D eigenvalue weighted by atomic mass is 10.1. The molecule has 0 fully saturated rings. The van der Waals surface area contributed by atoms with Crippen molar-refractivity contribution in [2.24, 2.45) is 0 Å². The monoisotopic (exact) mass is 330 g/mol. The molecular formula is C17H12F2N2O3. The molecule has 24 heavy (non-hydrogen) atoms. The molecule has 0 spiro atoms. The van der Waals surface area contributed by atoms with E-state index >= 15 is 0 Å². The van der Waals surface area contributed by atoms with Crippen LogP contribution in [-0.4, -0.2) is 18.1 Å². The molecule has 0 atom stereocenters. The third kappa shape index (κ3) is 3.10. The third-order valence-electron chi connectivity index (χ3n) is 3.27. The number of esters is 1. The number of hydrogen-bond acceptors (Lipinski definition) is 5. The summed E-state index contributed by atoms with van der Waals surface area (Å²) in [5.74, 6) is -2.11. The highest BCUT2D eigenvalue weighted by Crippen LogP contribution is 2.26. The summed E-state index contributed by atoms with van der Waals surface area (Å²) in [5, 5.41) is 2.57. The number of nitrogens with zero attached hydrogens (tertiary/aromatic N) is 1. The van der Waals surface area contributed by atoms with E-state index in [0.29, 0.717) is 16.9 Å². The van der Waals surface area contributed by atoms with Crippen molar-refractivity contribution in [2.75, 3.05) is 12.4 Å². The van der Waals surface area contributed by atoms with Gasteiger partial charge in [0.05, 0.1) is 24.6 Å². The number of oxazole rings is 1. The topological polar surface area (TPSA) is 64.4 Å². The van der Waals surface area contributed by atoms with Crippen LogP contribution in [0.3, 0.4) is 0 Å². The number of anilines is 2. The molecule has 2 aromatic carbocycles. The number of methoxy groups -OCH3 is 1. The summed E-state index contributed by atoms with van der Waals surface area (Å²) in [5.41, 5.74) is 0.863. The fourth-order valence-corrected chi connectivity index (χ4v) is 2.10. The highest BCUT2D eigenvalue weighted by molar-refractivity contribution is 5.90. The van der Waals surface area contributed by atoms with E-state index in [9.17, 15) is 13.6 Å². The Morgan fingerprint density at radius 1 is 1.21 bits per heavy atom. The molecule has 3 aromatic rings. The van der Waals surface area contributed by atoms with Crippen molar-refractivity contribution in [1.82, 2.24) is 4.98 Å². The van der Waals surface area contributed by atoms with E-state index in [1.807, 2.05) is 0 Å². The predicted octanol–water partition coefficient (Wildman–Crippen LogP) is 4.15. The van der Waals surface area contributed by atoms with Crippen LogP contribution in [0.5, 0.6) is 0 Å². The van der Waals surface area contributed by atoms with Crippen molar-refractivity contribution >= 4 is 17.7 Å². The summed E-state index contributed by atoms with van der Waals surface area (Å²) in [6.07, 6.45) is 1.41. The van der Waals surface area contributed by atoms with Crippen LogP contribution in [0.15, 0.2) is 53.1 Å². The van der Waals surface area contributed by atoms with Crippen molar-refractivity contribution < 1.29 is 22.7 Å². The molecule has 0 saturated carbocycles. The molecule has 0 aliphatic heterocycles. The first-order chi connectivity index (χ1) is 11.6. The van der Waals surface area contributed by atoms with Crippen LogP contribution in [0, 0.1) is 11.6 Å². The number of carbonyl (C=O) groups is 1. The molecule has 0 radical (unpaired) electrons. The molecule has 0 aliphatic rings. The van der Waals surface area contributed by atoms with Gasteiger partial charge in [-0.15, -0.1) is 0 Å². The predicted molar refractivity (Wildman–Crippen MR) is 82.9 cm³/mol. The molecule has 0 amide bonds. The van der Waals surface area contributed by atoms with E-state index < -0.39 is 17.6 Å². The summed E-state index contributed by atoms with van der Waals surface area (Å²) in [7, 11) is 1.29. The van der Waals surface area contributed by atoms with Gasteiger partial charge in [-0.1, -0.05) is 18.2 Å². The van der Waals surface area contributed by atoms with E-state index in [1.165, 1.54) is 25.4 Å². The lowest BCUT2D eigenvalue weighted by Crippen LogP contribution is -2.00. The average Bonchev–Trinajstić information content (AvgIpc) is 3.07. The second kappa shape index (κ2) is 6.49. The van der Waals surface area contributed by atoms with Gasteiger partial charge in [0.1, 0.15) is 0 Å². The second-order valence-corrected chi connectivity index (χ2v) is 4.83. The van der Waals surface area contributed by atoms with Crippen LogP contribution in [-0.2, 0) is 4.74 Å². The van der Waals surface area contributed by atoms with Crippen LogP contribution >= 0.6 is 0 Å². The van der Waals surface area contributed by atoms with Crippen molar-refractivity contribution in [2.45, 2.75) is 0 Å². The minimum Gasteiger partial charge on any atom is -0.465 e. The van der Waals surface area contributed by atoms with Crippen molar-refractivity contribution in [1.29, 1.82) is 0 Å². The molecule has 1 N–H and O–H groups in total.